The van der Waals surface area contributed by atoms with Crippen LogP contribution in [0, 0.1) is 6.57 Å². The number of benzene rings is 1. The molecule has 0 unspecified atom stereocenters. The maximum absolute atomic E-state index is 12.0. The molecular weight excluding hydrogens is 224 g/mol. The average molecular weight is 238 g/mol. The van der Waals surface area contributed by atoms with Gasteiger partial charge in [0.05, 0.1) is 11.5 Å². The SMILES string of the molecule is [C-]#[N+]c1ccc(S(=O)(=O)N(CC)CC)cc1. The fraction of sp³-hybridized carbons (Fsp3) is 0.364. The Morgan fingerprint density at radius 2 is 1.69 bits per heavy atom. The van der Waals surface area contributed by atoms with Crippen LogP contribution in [0.5, 0.6) is 0 Å². The summed E-state index contributed by atoms with van der Waals surface area (Å²) in [6.07, 6.45) is 0. The normalized spacial score (nSPS) is 11.4. The van der Waals surface area contributed by atoms with Crippen molar-refractivity contribution >= 4 is 15.7 Å². The molecule has 0 bridgehead atoms. The molecule has 5 heteroatoms. The van der Waals surface area contributed by atoms with E-state index in [1.54, 1.807) is 13.8 Å². The van der Waals surface area contributed by atoms with E-state index < -0.39 is 10.0 Å². The Morgan fingerprint density at radius 3 is 2.06 bits per heavy atom. The minimum absolute atomic E-state index is 0.239. The lowest BCUT2D eigenvalue weighted by Crippen LogP contribution is -2.30. The van der Waals surface area contributed by atoms with Crippen LogP contribution in [0.1, 0.15) is 13.8 Å². The highest BCUT2D eigenvalue weighted by molar-refractivity contribution is 7.89. The van der Waals surface area contributed by atoms with E-state index in [4.69, 9.17) is 6.57 Å². The van der Waals surface area contributed by atoms with E-state index in [0.717, 1.165) is 0 Å². The van der Waals surface area contributed by atoms with Gasteiger partial charge in [0.1, 0.15) is 0 Å². The molecule has 0 atom stereocenters. The molecule has 0 N–H and O–H groups in total. The minimum atomic E-state index is -3.40. The largest absolute Gasteiger partial charge is 0.242 e. The Bertz CT molecular complexity index is 482. The van der Waals surface area contributed by atoms with E-state index in [-0.39, 0.29) is 4.90 Å². The first-order valence-corrected chi connectivity index (χ1v) is 6.48. The third-order valence-electron chi connectivity index (χ3n) is 2.31. The van der Waals surface area contributed by atoms with Crippen LogP contribution in [-0.4, -0.2) is 25.8 Å². The summed E-state index contributed by atoms with van der Waals surface area (Å²) in [5.74, 6) is 0. The highest BCUT2D eigenvalue weighted by Crippen LogP contribution is 2.19. The summed E-state index contributed by atoms with van der Waals surface area (Å²) >= 11 is 0. The Kier molecular flexibility index (Phi) is 4.05. The van der Waals surface area contributed by atoms with Crippen LogP contribution in [-0.2, 0) is 10.0 Å². The second-order valence-electron chi connectivity index (χ2n) is 3.20. The molecule has 1 aromatic rings. The van der Waals surface area contributed by atoms with Crippen LogP contribution in [0.25, 0.3) is 4.85 Å². The molecule has 0 radical (unpaired) electrons. The first-order chi connectivity index (χ1) is 7.56. The number of hydrogen-bond donors (Lipinski definition) is 0. The fourth-order valence-corrected chi connectivity index (χ4v) is 2.86. The summed E-state index contributed by atoms with van der Waals surface area (Å²) in [5.41, 5.74) is 0.443. The van der Waals surface area contributed by atoms with Crippen LogP contribution < -0.4 is 0 Å². The van der Waals surface area contributed by atoms with Crippen LogP contribution in [0.3, 0.4) is 0 Å². The van der Waals surface area contributed by atoms with Gasteiger partial charge in [-0.2, -0.15) is 4.31 Å². The monoisotopic (exact) mass is 238 g/mol. The van der Waals surface area contributed by atoms with Gasteiger partial charge in [-0.3, -0.25) is 0 Å². The molecular formula is C11H14N2O2S. The van der Waals surface area contributed by atoms with Gasteiger partial charge in [0.15, 0.2) is 5.69 Å². The molecule has 0 heterocycles. The number of sulfonamides is 1. The molecule has 0 spiro atoms. The van der Waals surface area contributed by atoms with Gasteiger partial charge in [-0.1, -0.05) is 38.1 Å². The van der Waals surface area contributed by atoms with Gasteiger partial charge in [0.25, 0.3) is 0 Å². The maximum Gasteiger partial charge on any atom is 0.242 e. The summed E-state index contributed by atoms with van der Waals surface area (Å²) in [5, 5.41) is 0. The summed E-state index contributed by atoms with van der Waals surface area (Å²) in [4.78, 5) is 3.46. The Balaban J connectivity index is 3.13. The molecule has 0 aromatic heterocycles. The summed E-state index contributed by atoms with van der Waals surface area (Å²) in [7, 11) is -3.40. The summed E-state index contributed by atoms with van der Waals surface area (Å²) in [6.45, 7) is 11.3. The lowest BCUT2D eigenvalue weighted by Gasteiger charge is -2.18. The highest BCUT2D eigenvalue weighted by atomic mass is 32.2. The molecule has 4 nitrogen and oxygen atoms in total. The average Bonchev–Trinajstić information content (AvgIpc) is 2.30. The zero-order valence-electron chi connectivity index (χ0n) is 9.34. The Hall–Kier alpha value is -1.38. The predicted molar refractivity (Wildman–Crippen MR) is 62.8 cm³/mol. The third-order valence-corrected chi connectivity index (χ3v) is 4.37. The Labute approximate surface area is 96.4 Å². The van der Waals surface area contributed by atoms with E-state index >= 15 is 0 Å². The van der Waals surface area contributed by atoms with E-state index in [2.05, 4.69) is 4.85 Å². The minimum Gasteiger partial charge on any atom is -0.238 e. The van der Waals surface area contributed by atoms with Crippen molar-refractivity contribution in [1.82, 2.24) is 4.31 Å². The fourth-order valence-electron chi connectivity index (χ4n) is 1.41. The van der Waals surface area contributed by atoms with Crippen molar-refractivity contribution < 1.29 is 8.42 Å². The summed E-state index contributed by atoms with van der Waals surface area (Å²) in [6, 6.07) is 5.98. The molecule has 0 saturated heterocycles. The van der Waals surface area contributed by atoms with Gasteiger partial charge in [-0.15, -0.1) is 0 Å². The van der Waals surface area contributed by atoms with Crippen molar-refractivity contribution in [2.24, 2.45) is 0 Å². The molecule has 0 aliphatic rings. The lowest BCUT2D eigenvalue weighted by molar-refractivity contribution is 0.445. The smallest absolute Gasteiger partial charge is 0.238 e. The van der Waals surface area contributed by atoms with Crippen molar-refractivity contribution in [2.75, 3.05) is 13.1 Å². The van der Waals surface area contributed by atoms with Crippen molar-refractivity contribution in [3.63, 3.8) is 0 Å². The molecule has 1 rings (SSSR count). The molecule has 0 fully saturated rings. The van der Waals surface area contributed by atoms with E-state index in [0.29, 0.717) is 18.8 Å². The van der Waals surface area contributed by atoms with Gasteiger partial charge < -0.3 is 0 Å². The number of nitrogens with zero attached hydrogens (tertiary/aromatic N) is 2. The van der Waals surface area contributed by atoms with Gasteiger partial charge in [0.2, 0.25) is 10.0 Å². The number of hydrogen-bond acceptors (Lipinski definition) is 2. The van der Waals surface area contributed by atoms with E-state index in [9.17, 15) is 8.42 Å². The van der Waals surface area contributed by atoms with Gasteiger partial charge in [0, 0.05) is 13.1 Å². The van der Waals surface area contributed by atoms with Crippen molar-refractivity contribution in [1.29, 1.82) is 0 Å². The molecule has 1 aromatic carbocycles. The molecule has 16 heavy (non-hydrogen) atoms. The zero-order chi connectivity index (χ0) is 12.2. The van der Waals surface area contributed by atoms with E-state index in [1.807, 2.05) is 0 Å². The van der Waals surface area contributed by atoms with Crippen LogP contribution in [0.4, 0.5) is 5.69 Å². The number of rotatable bonds is 4. The highest BCUT2D eigenvalue weighted by Gasteiger charge is 2.20. The molecule has 0 aliphatic carbocycles. The second-order valence-corrected chi connectivity index (χ2v) is 5.13. The summed E-state index contributed by atoms with van der Waals surface area (Å²) < 4.78 is 25.5. The van der Waals surface area contributed by atoms with Crippen LogP contribution in [0.15, 0.2) is 29.2 Å². The van der Waals surface area contributed by atoms with E-state index in [1.165, 1.54) is 28.6 Å². The lowest BCUT2D eigenvalue weighted by atomic mass is 10.3. The van der Waals surface area contributed by atoms with Crippen molar-refractivity contribution in [2.45, 2.75) is 18.7 Å². The third kappa shape index (κ3) is 2.40. The maximum atomic E-state index is 12.0. The van der Waals surface area contributed by atoms with Gasteiger partial charge >= 0.3 is 0 Å². The topological polar surface area (TPSA) is 41.7 Å². The first-order valence-electron chi connectivity index (χ1n) is 5.04. The Morgan fingerprint density at radius 1 is 1.19 bits per heavy atom. The van der Waals surface area contributed by atoms with Gasteiger partial charge in [-0.05, 0) is 0 Å². The molecule has 86 valence electrons. The van der Waals surface area contributed by atoms with Crippen molar-refractivity contribution in [3.8, 4) is 0 Å². The van der Waals surface area contributed by atoms with Gasteiger partial charge in [-0.25, -0.2) is 13.3 Å². The quantitative estimate of drug-likeness (QED) is 0.755. The second kappa shape index (κ2) is 5.10. The first kappa shape index (κ1) is 12.7. The molecule has 0 aliphatic heterocycles. The standard InChI is InChI=1S/C11H14N2O2S/c1-4-13(5-2)16(14,15)11-8-6-10(12-3)7-9-11/h6-9H,4-5H2,1-2H3. The zero-order valence-corrected chi connectivity index (χ0v) is 10.2. The molecule has 0 saturated carbocycles. The molecule has 0 amide bonds. The predicted octanol–water partition coefficient (Wildman–Crippen LogP) is 2.27. The van der Waals surface area contributed by atoms with Crippen LogP contribution in [0.2, 0.25) is 0 Å². The van der Waals surface area contributed by atoms with Crippen LogP contribution >= 0.6 is 0 Å². The van der Waals surface area contributed by atoms with Crippen molar-refractivity contribution in [3.05, 3.63) is 35.7 Å².